The van der Waals surface area contributed by atoms with E-state index in [0.717, 1.165) is 0 Å². The summed E-state index contributed by atoms with van der Waals surface area (Å²) in [5.41, 5.74) is 0.780. The Hall–Kier alpha value is -1.35. The highest BCUT2D eigenvalue weighted by Gasteiger charge is 2.12. The van der Waals surface area contributed by atoms with Crippen LogP contribution in [0.15, 0.2) is 18.2 Å². The van der Waals surface area contributed by atoms with Gasteiger partial charge in [-0.3, -0.25) is 4.79 Å². The molecule has 0 saturated carbocycles. The lowest BCUT2D eigenvalue weighted by atomic mass is 10.1. The van der Waals surface area contributed by atoms with E-state index in [1.807, 2.05) is 0 Å². The van der Waals surface area contributed by atoms with E-state index in [2.05, 4.69) is 4.74 Å². The zero-order valence-corrected chi connectivity index (χ0v) is 9.30. The molecule has 1 rings (SSSR count). The van der Waals surface area contributed by atoms with Crippen LogP contribution in [0.1, 0.15) is 34.1 Å². The molecule has 0 atom stereocenters. The third-order valence-electron chi connectivity index (χ3n) is 2.02. The minimum Gasteiger partial charge on any atom is -0.465 e. The monoisotopic (exact) mass is 226 g/mol. The summed E-state index contributed by atoms with van der Waals surface area (Å²) < 4.78 is 4.54. The molecule has 80 valence electrons. The van der Waals surface area contributed by atoms with Crippen molar-refractivity contribution in [3.05, 3.63) is 34.3 Å². The van der Waals surface area contributed by atoms with Crippen molar-refractivity contribution < 1.29 is 14.3 Å². The molecule has 0 heterocycles. The van der Waals surface area contributed by atoms with Crippen LogP contribution >= 0.6 is 11.6 Å². The van der Waals surface area contributed by atoms with Gasteiger partial charge in [-0.05, 0) is 12.1 Å². The van der Waals surface area contributed by atoms with Gasteiger partial charge in [0.05, 0.1) is 17.7 Å². The molecule has 0 aliphatic rings. The van der Waals surface area contributed by atoms with E-state index < -0.39 is 5.97 Å². The summed E-state index contributed by atoms with van der Waals surface area (Å²) in [5, 5.41) is 0.237. The molecule has 0 bridgehead atoms. The number of ether oxygens (including phenoxy) is 1. The Bertz CT molecular complexity index is 399. The Morgan fingerprint density at radius 1 is 1.40 bits per heavy atom. The Balaban J connectivity index is 3.08. The average Bonchev–Trinajstić information content (AvgIpc) is 2.26. The van der Waals surface area contributed by atoms with Crippen LogP contribution in [0, 0.1) is 0 Å². The summed E-state index contributed by atoms with van der Waals surface area (Å²) in [6, 6.07) is 4.56. The van der Waals surface area contributed by atoms with E-state index in [9.17, 15) is 9.59 Å². The largest absolute Gasteiger partial charge is 0.465 e. The van der Waals surface area contributed by atoms with Crippen LogP contribution in [0.4, 0.5) is 0 Å². The Morgan fingerprint density at radius 2 is 2.07 bits per heavy atom. The Kier molecular flexibility index (Phi) is 3.86. The van der Waals surface area contributed by atoms with Crippen LogP contribution in [-0.2, 0) is 4.74 Å². The normalized spacial score (nSPS) is 9.80. The highest BCUT2D eigenvalue weighted by Crippen LogP contribution is 2.19. The number of hydrogen-bond acceptors (Lipinski definition) is 3. The molecule has 1 aromatic rings. The second kappa shape index (κ2) is 4.94. The van der Waals surface area contributed by atoms with Crippen LogP contribution in [0.5, 0.6) is 0 Å². The van der Waals surface area contributed by atoms with E-state index in [1.54, 1.807) is 13.0 Å². The summed E-state index contributed by atoms with van der Waals surface area (Å²) in [4.78, 5) is 22.5. The molecule has 3 nitrogen and oxygen atoms in total. The number of benzene rings is 1. The van der Waals surface area contributed by atoms with Gasteiger partial charge < -0.3 is 4.74 Å². The lowest BCUT2D eigenvalue weighted by Gasteiger charge is -2.04. The molecular formula is C11H11ClO3. The molecule has 0 unspecified atom stereocenters. The molecule has 0 fully saturated rings. The van der Waals surface area contributed by atoms with Crippen molar-refractivity contribution in [1.29, 1.82) is 0 Å². The van der Waals surface area contributed by atoms with Crippen molar-refractivity contribution in [2.75, 3.05) is 7.11 Å². The van der Waals surface area contributed by atoms with Gasteiger partial charge in [0, 0.05) is 12.0 Å². The average molecular weight is 227 g/mol. The minimum absolute atomic E-state index is 0.00619. The third kappa shape index (κ3) is 2.57. The number of hydrogen-bond donors (Lipinski definition) is 0. The van der Waals surface area contributed by atoms with Crippen LogP contribution < -0.4 is 0 Å². The van der Waals surface area contributed by atoms with Crippen molar-refractivity contribution in [2.45, 2.75) is 13.3 Å². The number of carbonyl (C=O) groups is 2. The fourth-order valence-electron chi connectivity index (χ4n) is 1.17. The zero-order chi connectivity index (χ0) is 11.4. The van der Waals surface area contributed by atoms with Gasteiger partial charge in [-0.25, -0.2) is 4.79 Å². The molecule has 0 N–H and O–H groups in total. The maximum absolute atomic E-state index is 11.3. The molecule has 0 saturated heterocycles. The third-order valence-corrected chi connectivity index (χ3v) is 2.33. The minimum atomic E-state index is -0.504. The van der Waals surface area contributed by atoms with Crippen molar-refractivity contribution >= 4 is 23.4 Å². The maximum Gasteiger partial charge on any atom is 0.339 e. The molecule has 0 spiro atoms. The highest BCUT2D eigenvalue weighted by atomic mass is 35.5. The Morgan fingerprint density at radius 3 is 2.53 bits per heavy atom. The molecule has 4 heteroatoms. The van der Waals surface area contributed by atoms with Gasteiger partial charge in [0.15, 0.2) is 5.78 Å². The van der Waals surface area contributed by atoms with E-state index >= 15 is 0 Å². The summed E-state index contributed by atoms with van der Waals surface area (Å²) in [6.07, 6.45) is 0.411. The van der Waals surface area contributed by atoms with Crippen LogP contribution in [0.25, 0.3) is 0 Å². The van der Waals surface area contributed by atoms with E-state index in [4.69, 9.17) is 11.6 Å². The fourth-order valence-corrected chi connectivity index (χ4v) is 1.43. The summed E-state index contributed by atoms with van der Waals surface area (Å²) in [5.74, 6) is -0.510. The SMILES string of the molecule is CCC(=O)c1ccc(C(=O)OC)c(Cl)c1. The lowest BCUT2D eigenvalue weighted by molar-refractivity contribution is 0.0600. The molecule has 0 aliphatic carbocycles. The zero-order valence-electron chi connectivity index (χ0n) is 8.54. The molecular weight excluding hydrogens is 216 g/mol. The predicted octanol–water partition coefficient (Wildman–Crippen LogP) is 2.72. The molecule has 15 heavy (non-hydrogen) atoms. The number of carbonyl (C=O) groups excluding carboxylic acids is 2. The topological polar surface area (TPSA) is 43.4 Å². The molecule has 0 radical (unpaired) electrons. The quantitative estimate of drug-likeness (QED) is 0.588. The Labute approximate surface area is 93.0 Å². The van der Waals surface area contributed by atoms with Gasteiger partial charge in [0.2, 0.25) is 0 Å². The number of halogens is 1. The van der Waals surface area contributed by atoms with Gasteiger partial charge in [0.25, 0.3) is 0 Å². The molecule has 0 aromatic heterocycles. The molecule has 0 aliphatic heterocycles. The van der Waals surface area contributed by atoms with Gasteiger partial charge in [-0.1, -0.05) is 24.6 Å². The number of esters is 1. The first-order valence-corrected chi connectivity index (χ1v) is 4.89. The number of methoxy groups -OCH3 is 1. The van der Waals surface area contributed by atoms with Gasteiger partial charge in [-0.2, -0.15) is 0 Å². The second-order valence-electron chi connectivity index (χ2n) is 2.96. The number of ketones is 1. The molecule has 1 aromatic carbocycles. The van der Waals surface area contributed by atoms with E-state index in [0.29, 0.717) is 12.0 Å². The number of Topliss-reactive ketones (excluding diaryl/α,β-unsaturated/α-hetero) is 1. The van der Waals surface area contributed by atoms with Gasteiger partial charge >= 0.3 is 5.97 Å². The fraction of sp³-hybridized carbons (Fsp3) is 0.273. The first-order valence-electron chi connectivity index (χ1n) is 4.51. The number of rotatable bonds is 3. The van der Waals surface area contributed by atoms with Crippen LogP contribution in [0.2, 0.25) is 5.02 Å². The van der Waals surface area contributed by atoms with Crippen LogP contribution in [-0.4, -0.2) is 18.9 Å². The van der Waals surface area contributed by atoms with Crippen molar-refractivity contribution in [1.82, 2.24) is 0 Å². The maximum atomic E-state index is 11.3. The van der Waals surface area contributed by atoms with Gasteiger partial charge in [-0.15, -0.1) is 0 Å². The van der Waals surface area contributed by atoms with E-state index in [1.165, 1.54) is 19.2 Å². The smallest absolute Gasteiger partial charge is 0.339 e. The first kappa shape index (κ1) is 11.7. The molecule has 0 amide bonds. The van der Waals surface area contributed by atoms with Crippen molar-refractivity contribution in [3.8, 4) is 0 Å². The second-order valence-corrected chi connectivity index (χ2v) is 3.37. The van der Waals surface area contributed by atoms with Crippen molar-refractivity contribution in [3.63, 3.8) is 0 Å². The highest BCUT2D eigenvalue weighted by molar-refractivity contribution is 6.34. The van der Waals surface area contributed by atoms with Crippen LogP contribution in [0.3, 0.4) is 0 Å². The summed E-state index contributed by atoms with van der Waals surface area (Å²) in [7, 11) is 1.28. The summed E-state index contributed by atoms with van der Waals surface area (Å²) in [6.45, 7) is 1.77. The summed E-state index contributed by atoms with van der Waals surface area (Å²) >= 11 is 5.85. The lowest BCUT2D eigenvalue weighted by Crippen LogP contribution is -2.04. The first-order chi connectivity index (χ1) is 7.10. The van der Waals surface area contributed by atoms with Crippen molar-refractivity contribution in [2.24, 2.45) is 0 Å². The van der Waals surface area contributed by atoms with Gasteiger partial charge in [0.1, 0.15) is 0 Å². The van der Waals surface area contributed by atoms with E-state index in [-0.39, 0.29) is 16.4 Å². The standard InChI is InChI=1S/C11H11ClO3/c1-3-10(13)7-4-5-8(9(12)6-7)11(14)15-2/h4-6H,3H2,1-2H3. The predicted molar refractivity (Wildman–Crippen MR) is 57.4 cm³/mol.